The number of carbonyl (C=O) groups excluding carboxylic acids is 1. The standard InChI is InChI=1S/C21H22FN5O3/c1-12(9-23)4-7-17(25-3)19(28)26-13-5-6-16(22)14(8-13)21(2)15-10-29-11-18(15)30-20(24)27-21/h4-8,15,18H,1,10-11H2,2-3H3,(H2,24,27)(H,26,28)/b7-4-,25-17?/t15?,18?,21-/m1/s1. The van der Waals surface area contributed by atoms with Crippen molar-refractivity contribution in [3.05, 3.63) is 53.9 Å². The van der Waals surface area contributed by atoms with Gasteiger partial charge in [0, 0.05) is 23.9 Å². The van der Waals surface area contributed by atoms with E-state index >= 15 is 0 Å². The lowest BCUT2D eigenvalue weighted by atomic mass is 9.77. The quantitative estimate of drug-likeness (QED) is 0.436. The number of hydrogen-bond donors (Lipinski definition) is 2. The molecule has 9 heteroatoms. The first-order valence-electron chi connectivity index (χ1n) is 9.23. The first-order chi connectivity index (χ1) is 14.3. The number of anilines is 1. The number of hydrogen-bond acceptors (Lipinski definition) is 7. The predicted molar refractivity (Wildman–Crippen MR) is 110 cm³/mol. The van der Waals surface area contributed by atoms with Crippen LogP contribution in [0.5, 0.6) is 0 Å². The number of nitriles is 1. The number of allylic oxidation sites excluding steroid dienone is 2. The van der Waals surface area contributed by atoms with E-state index in [1.54, 1.807) is 6.92 Å². The average molecular weight is 411 g/mol. The first kappa shape index (κ1) is 21.2. The topological polar surface area (TPSA) is 122 Å². The maximum absolute atomic E-state index is 14.8. The molecule has 2 unspecified atom stereocenters. The van der Waals surface area contributed by atoms with Gasteiger partial charge < -0.3 is 20.5 Å². The second kappa shape index (κ2) is 8.47. The lowest BCUT2D eigenvalue weighted by molar-refractivity contribution is -0.110. The van der Waals surface area contributed by atoms with Gasteiger partial charge in [0.05, 0.1) is 30.7 Å². The monoisotopic (exact) mass is 411 g/mol. The number of ether oxygens (including phenoxy) is 2. The van der Waals surface area contributed by atoms with Crippen molar-refractivity contribution in [3.8, 4) is 6.07 Å². The zero-order chi connectivity index (χ0) is 21.9. The summed E-state index contributed by atoms with van der Waals surface area (Å²) in [6, 6.07) is 6.06. The Morgan fingerprint density at radius 1 is 1.50 bits per heavy atom. The van der Waals surface area contributed by atoms with Gasteiger partial charge >= 0.3 is 0 Å². The van der Waals surface area contributed by atoms with Gasteiger partial charge in [-0.05, 0) is 37.3 Å². The molecule has 2 aliphatic heterocycles. The van der Waals surface area contributed by atoms with Crippen LogP contribution < -0.4 is 11.1 Å². The number of benzene rings is 1. The van der Waals surface area contributed by atoms with Crippen molar-refractivity contribution in [2.45, 2.75) is 18.6 Å². The number of fused-ring (bicyclic) bond motifs is 1. The number of amidine groups is 1. The lowest BCUT2D eigenvalue weighted by Crippen LogP contribution is -2.47. The molecule has 3 N–H and O–H groups in total. The number of nitrogens with zero attached hydrogens (tertiary/aromatic N) is 3. The fraction of sp³-hybridized carbons (Fsp3) is 0.333. The van der Waals surface area contributed by atoms with Crippen LogP contribution in [0, 0.1) is 23.1 Å². The minimum absolute atomic E-state index is 0.0265. The fourth-order valence-electron chi connectivity index (χ4n) is 3.58. The summed E-state index contributed by atoms with van der Waals surface area (Å²) in [5.41, 5.74) is 5.72. The van der Waals surface area contributed by atoms with Crippen LogP contribution in [0.2, 0.25) is 0 Å². The number of rotatable bonds is 5. The third-order valence-corrected chi connectivity index (χ3v) is 5.19. The molecule has 1 fully saturated rings. The largest absolute Gasteiger partial charge is 0.459 e. The highest BCUT2D eigenvalue weighted by Gasteiger charge is 2.50. The molecule has 156 valence electrons. The minimum Gasteiger partial charge on any atom is -0.459 e. The molecule has 8 nitrogen and oxygen atoms in total. The van der Waals surface area contributed by atoms with E-state index in [4.69, 9.17) is 20.5 Å². The number of nitrogens with two attached hydrogens (primary N) is 1. The molecule has 30 heavy (non-hydrogen) atoms. The van der Waals surface area contributed by atoms with Crippen LogP contribution in [-0.4, -0.2) is 44.0 Å². The van der Waals surface area contributed by atoms with Gasteiger partial charge in [-0.1, -0.05) is 6.58 Å². The third kappa shape index (κ3) is 4.09. The van der Waals surface area contributed by atoms with E-state index in [0.717, 1.165) is 0 Å². The second-order valence-corrected chi connectivity index (χ2v) is 7.13. The molecule has 0 aliphatic carbocycles. The van der Waals surface area contributed by atoms with Crippen LogP contribution in [0.1, 0.15) is 12.5 Å². The van der Waals surface area contributed by atoms with Crippen molar-refractivity contribution in [2.75, 3.05) is 25.6 Å². The van der Waals surface area contributed by atoms with Gasteiger partial charge in [0.25, 0.3) is 11.9 Å². The van der Waals surface area contributed by atoms with Crippen LogP contribution in [-0.2, 0) is 19.8 Å². The molecule has 1 saturated heterocycles. The number of nitrogens with one attached hydrogen (secondary N) is 1. The van der Waals surface area contributed by atoms with Crippen LogP contribution in [0.3, 0.4) is 0 Å². The Balaban J connectivity index is 1.90. The molecule has 2 aliphatic rings. The van der Waals surface area contributed by atoms with Crippen molar-refractivity contribution in [3.63, 3.8) is 0 Å². The molecule has 0 bridgehead atoms. The van der Waals surface area contributed by atoms with E-state index in [1.165, 1.54) is 37.4 Å². The normalized spacial score (nSPS) is 25.8. The van der Waals surface area contributed by atoms with Gasteiger partial charge in [0.15, 0.2) is 0 Å². The van der Waals surface area contributed by atoms with Crippen LogP contribution >= 0.6 is 0 Å². The summed E-state index contributed by atoms with van der Waals surface area (Å²) in [7, 11) is 1.45. The summed E-state index contributed by atoms with van der Waals surface area (Å²) < 4.78 is 25.8. The Morgan fingerprint density at radius 2 is 2.27 bits per heavy atom. The van der Waals surface area contributed by atoms with Crippen molar-refractivity contribution in [1.29, 1.82) is 5.26 Å². The molecule has 0 saturated carbocycles. The number of aliphatic imine (C=N–C) groups is 2. The van der Waals surface area contributed by atoms with Gasteiger partial charge in [-0.15, -0.1) is 0 Å². The van der Waals surface area contributed by atoms with Gasteiger partial charge in [0.1, 0.15) is 17.6 Å². The van der Waals surface area contributed by atoms with E-state index in [2.05, 4.69) is 21.9 Å². The summed E-state index contributed by atoms with van der Waals surface area (Å²) in [6.07, 6.45) is 2.46. The van der Waals surface area contributed by atoms with Gasteiger partial charge in [-0.25, -0.2) is 9.38 Å². The maximum Gasteiger partial charge on any atom is 0.283 e. The second-order valence-electron chi connectivity index (χ2n) is 7.13. The van der Waals surface area contributed by atoms with Crippen molar-refractivity contribution >= 4 is 23.3 Å². The zero-order valence-corrected chi connectivity index (χ0v) is 16.7. The summed E-state index contributed by atoms with van der Waals surface area (Å²) in [5, 5.41) is 11.5. The van der Waals surface area contributed by atoms with E-state index in [-0.39, 0.29) is 34.9 Å². The highest BCUT2D eigenvalue weighted by Crippen LogP contribution is 2.43. The molecule has 1 aromatic carbocycles. The Kier molecular flexibility index (Phi) is 5.99. The van der Waals surface area contributed by atoms with Crippen molar-refractivity contribution < 1.29 is 18.7 Å². The number of amides is 1. The van der Waals surface area contributed by atoms with Gasteiger partial charge in [-0.3, -0.25) is 9.79 Å². The molecule has 3 rings (SSSR count). The summed E-state index contributed by atoms with van der Waals surface area (Å²) in [5.74, 6) is -1.22. The van der Waals surface area contributed by atoms with E-state index < -0.39 is 17.3 Å². The van der Waals surface area contributed by atoms with E-state index in [1.807, 2.05) is 6.07 Å². The zero-order valence-electron chi connectivity index (χ0n) is 16.7. The minimum atomic E-state index is -1.01. The fourth-order valence-corrected chi connectivity index (χ4v) is 3.58. The smallest absolute Gasteiger partial charge is 0.283 e. The molecular formula is C21H22FN5O3. The van der Waals surface area contributed by atoms with Crippen LogP contribution in [0.4, 0.5) is 10.1 Å². The molecule has 1 aromatic rings. The lowest BCUT2D eigenvalue weighted by Gasteiger charge is -2.38. The highest BCUT2D eigenvalue weighted by atomic mass is 19.1. The summed E-state index contributed by atoms with van der Waals surface area (Å²) in [6.45, 7) is 6.00. The number of carbonyl (C=O) groups is 1. The molecule has 0 spiro atoms. The summed E-state index contributed by atoms with van der Waals surface area (Å²) in [4.78, 5) is 20.8. The molecule has 0 radical (unpaired) electrons. The van der Waals surface area contributed by atoms with Gasteiger partial charge in [-0.2, -0.15) is 5.26 Å². The summed E-state index contributed by atoms with van der Waals surface area (Å²) >= 11 is 0. The Labute approximate surface area is 173 Å². The molecule has 2 heterocycles. The Hall–Kier alpha value is -3.51. The van der Waals surface area contributed by atoms with Crippen LogP contribution in [0.25, 0.3) is 0 Å². The molecule has 0 aromatic heterocycles. The third-order valence-electron chi connectivity index (χ3n) is 5.19. The molecule has 3 atom stereocenters. The first-order valence-corrected chi connectivity index (χ1v) is 9.23. The Bertz CT molecular complexity index is 1010. The van der Waals surface area contributed by atoms with Crippen LogP contribution in [0.15, 0.2) is 52.5 Å². The Morgan fingerprint density at radius 3 is 2.97 bits per heavy atom. The maximum atomic E-state index is 14.8. The van der Waals surface area contributed by atoms with Gasteiger partial charge in [0.2, 0.25) is 0 Å². The van der Waals surface area contributed by atoms with E-state index in [0.29, 0.717) is 18.9 Å². The molecular weight excluding hydrogens is 389 g/mol. The van der Waals surface area contributed by atoms with E-state index in [9.17, 15) is 9.18 Å². The molecule has 1 amide bonds. The van der Waals surface area contributed by atoms with Crippen molar-refractivity contribution in [2.24, 2.45) is 21.6 Å². The average Bonchev–Trinajstić information content (AvgIpc) is 3.18. The predicted octanol–water partition coefficient (Wildman–Crippen LogP) is 2.05. The van der Waals surface area contributed by atoms with Crippen molar-refractivity contribution in [1.82, 2.24) is 0 Å². The number of halogens is 1. The SMILES string of the molecule is C=C(C#N)/C=C\C(=NC)C(=O)Nc1ccc(F)c([C@@]2(C)N=C(N)OC3COCC32)c1. The highest BCUT2D eigenvalue weighted by molar-refractivity contribution is 6.47.